The molecule has 0 aliphatic carbocycles. The number of carbonyl (C=O) groups is 1. The third-order valence-electron chi connectivity index (χ3n) is 4.61. The van der Waals surface area contributed by atoms with Crippen LogP contribution >= 0.6 is 11.6 Å². The molecule has 110 valence electrons. The van der Waals surface area contributed by atoms with Crippen LogP contribution in [0.1, 0.15) is 20.8 Å². The monoisotopic (exact) mass is 288 g/mol. The van der Waals surface area contributed by atoms with Crippen molar-refractivity contribution in [3.05, 3.63) is 0 Å². The fraction of sp³-hybridized carbons (Fsp3) is 0.929. The third-order valence-corrected chi connectivity index (χ3v) is 4.78. The number of piperazine rings is 1. The van der Waals surface area contributed by atoms with E-state index < -0.39 is 0 Å². The number of amides is 1. The van der Waals surface area contributed by atoms with E-state index in [4.69, 9.17) is 16.3 Å². The number of hydrogen-bond donors (Lipinski definition) is 0. The summed E-state index contributed by atoms with van der Waals surface area (Å²) < 4.78 is 5.78. The number of carbonyl (C=O) groups excluding carboxylic acids is 1. The molecule has 4 atom stereocenters. The second-order valence-electron chi connectivity index (χ2n) is 5.79. The standard InChI is InChI=1S/C14H25ClN2O2/c1-10-11(2)19-12(3)13(10)14(18)17-8-6-16(5-4-15)7-9-17/h10-13H,4-9H2,1-3H3. The van der Waals surface area contributed by atoms with Gasteiger partial charge in [0.05, 0.1) is 18.1 Å². The molecule has 0 aromatic rings. The Bertz CT molecular complexity index is 319. The van der Waals surface area contributed by atoms with E-state index in [1.807, 2.05) is 11.8 Å². The summed E-state index contributed by atoms with van der Waals surface area (Å²) in [6, 6.07) is 0. The largest absolute Gasteiger partial charge is 0.374 e. The number of hydrogen-bond acceptors (Lipinski definition) is 3. The molecule has 4 unspecified atom stereocenters. The minimum Gasteiger partial charge on any atom is -0.374 e. The van der Waals surface area contributed by atoms with E-state index in [1.165, 1.54) is 0 Å². The first kappa shape index (κ1) is 15.1. The van der Waals surface area contributed by atoms with E-state index in [0.717, 1.165) is 32.7 Å². The van der Waals surface area contributed by atoms with Crippen molar-refractivity contribution in [1.82, 2.24) is 9.80 Å². The first-order valence-corrected chi connectivity index (χ1v) is 7.80. The van der Waals surface area contributed by atoms with Crippen molar-refractivity contribution < 1.29 is 9.53 Å². The maximum atomic E-state index is 12.6. The van der Waals surface area contributed by atoms with Crippen LogP contribution in [0.4, 0.5) is 0 Å². The summed E-state index contributed by atoms with van der Waals surface area (Å²) in [5.74, 6) is 1.27. The smallest absolute Gasteiger partial charge is 0.228 e. The van der Waals surface area contributed by atoms with Gasteiger partial charge in [0.1, 0.15) is 0 Å². The maximum Gasteiger partial charge on any atom is 0.228 e. The number of nitrogens with zero attached hydrogens (tertiary/aromatic N) is 2. The normalized spacial score (nSPS) is 36.7. The topological polar surface area (TPSA) is 32.8 Å². The van der Waals surface area contributed by atoms with Crippen LogP contribution in [-0.4, -0.2) is 66.5 Å². The zero-order valence-corrected chi connectivity index (χ0v) is 12.9. The van der Waals surface area contributed by atoms with Gasteiger partial charge in [0.2, 0.25) is 5.91 Å². The molecule has 19 heavy (non-hydrogen) atoms. The lowest BCUT2D eigenvalue weighted by Gasteiger charge is -2.36. The predicted octanol–water partition coefficient (Wildman–Crippen LogP) is 1.43. The molecule has 5 heteroatoms. The Balaban J connectivity index is 1.91. The number of alkyl halides is 1. The second kappa shape index (κ2) is 6.42. The number of ether oxygens (including phenoxy) is 1. The molecule has 1 amide bonds. The molecule has 0 saturated carbocycles. The first-order chi connectivity index (χ1) is 9.04. The van der Waals surface area contributed by atoms with Crippen molar-refractivity contribution in [3.8, 4) is 0 Å². The van der Waals surface area contributed by atoms with Gasteiger partial charge in [0, 0.05) is 38.6 Å². The van der Waals surface area contributed by atoms with E-state index in [1.54, 1.807) is 0 Å². The fourth-order valence-corrected chi connectivity index (χ4v) is 3.45. The Morgan fingerprint density at radius 1 is 1.16 bits per heavy atom. The van der Waals surface area contributed by atoms with Gasteiger partial charge in [-0.1, -0.05) is 6.92 Å². The average molecular weight is 289 g/mol. The molecule has 0 radical (unpaired) electrons. The molecular weight excluding hydrogens is 264 g/mol. The Kier molecular flexibility index (Phi) is 5.09. The highest BCUT2D eigenvalue weighted by atomic mass is 35.5. The molecule has 0 aromatic carbocycles. The highest BCUT2D eigenvalue weighted by Crippen LogP contribution is 2.33. The molecule has 2 fully saturated rings. The summed E-state index contributed by atoms with van der Waals surface area (Å²) in [6.45, 7) is 10.6. The van der Waals surface area contributed by atoms with Crippen LogP contribution < -0.4 is 0 Å². The van der Waals surface area contributed by atoms with Gasteiger partial charge >= 0.3 is 0 Å². The van der Waals surface area contributed by atoms with Gasteiger partial charge < -0.3 is 9.64 Å². The van der Waals surface area contributed by atoms with Crippen LogP contribution in [0.2, 0.25) is 0 Å². The molecule has 4 nitrogen and oxygen atoms in total. The molecule has 0 bridgehead atoms. The summed E-state index contributed by atoms with van der Waals surface area (Å²) in [5.41, 5.74) is 0. The highest BCUT2D eigenvalue weighted by molar-refractivity contribution is 6.18. The van der Waals surface area contributed by atoms with Gasteiger partial charge in [0.15, 0.2) is 0 Å². The predicted molar refractivity (Wildman–Crippen MR) is 76.4 cm³/mol. The van der Waals surface area contributed by atoms with Crippen molar-refractivity contribution >= 4 is 17.5 Å². The first-order valence-electron chi connectivity index (χ1n) is 7.27. The van der Waals surface area contributed by atoms with Crippen LogP contribution in [0, 0.1) is 11.8 Å². The molecule has 0 spiro atoms. The lowest BCUT2D eigenvalue weighted by atomic mass is 9.88. The van der Waals surface area contributed by atoms with Gasteiger partial charge in [-0.05, 0) is 19.8 Å². The Morgan fingerprint density at radius 3 is 2.26 bits per heavy atom. The van der Waals surface area contributed by atoms with Crippen LogP contribution in [0.25, 0.3) is 0 Å². The summed E-state index contributed by atoms with van der Waals surface area (Å²) in [4.78, 5) is 17.0. The van der Waals surface area contributed by atoms with Crippen LogP contribution in [0.3, 0.4) is 0 Å². The Morgan fingerprint density at radius 2 is 1.79 bits per heavy atom. The van der Waals surface area contributed by atoms with E-state index in [-0.39, 0.29) is 24.0 Å². The molecule has 2 aliphatic rings. The Hall–Kier alpha value is -0.320. The molecule has 2 heterocycles. The van der Waals surface area contributed by atoms with Crippen LogP contribution in [-0.2, 0) is 9.53 Å². The SMILES string of the molecule is CC1OC(C)C(C(=O)N2CCN(CCCl)CC2)C1C. The van der Waals surface area contributed by atoms with Crippen molar-refractivity contribution in [2.45, 2.75) is 33.0 Å². The van der Waals surface area contributed by atoms with E-state index in [0.29, 0.717) is 11.8 Å². The molecule has 0 aromatic heterocycles. The summed E-state index contributed by atoms with van der Waals surface area (Å²) in [6.07, 6.45) is 0.222. The van der Waals surface area contributed by atoms with Gasteiger partial charge in [-0.3, -0.25) is 9.69 Å². The second-order valence-corrected chi connectivity index (χ2v) is 6.17. The fourth-order valence-electron chi connectivity index (χ4n) is 3.21. The average Bonchev–Trinajstić information content (AvgIpc) is 2.64. The van der Waals surface area contributed by atoms with Gasteiger partial charge in [-0.25, -0.2) is 0 Å². The number of rotatable bonds is 3. The minimum absolute atomic E-state index is 0.0228. The maximum absolute atomic E-state index is 12.6. The van der Waals surface area contributed by atoms with E-state index in [9.17, 15) is 4.79 Å². The van der Waals surface area contributed by atoms with Crippen molar-refractivity contribution in [1.29, 1.82) is 0 Å². The van der Waals surface area contributed by atoms with E-state index in [2.05, 4.69) is 18.7 Å². The van der Waals surface area contributed by atoms with Crippen LogP contribution in [0.15, 0.2) is 0 Å². The summed E-state index contributed by atoms with van der Waals surface area (Å²) in [5, 5.41) is 0. The minimum atomic E-state index is 0.0228. The van der Waals surface area contributed by atoms with Crippen molar-refractivity contribution in [2.24, 2.45) is 11.8 Å². The van der Waals surface area contributed by atoms with Gasteiger partial charge in [-0.15, -0.1) is 11.6 Å². The molecule has 2 rings (SSSR count). The van der Waals surface area contributed by atoms with Crippen molar-refractivity contribution in [2.75, 3.05) is 38.6 Å². The zero-order chi connectivity index (χ0) is 14.0. The summed E-state index contributed by atoms with van der Waals surface area (Å²) >= 11 is 5.75. The Labute approximate surface area is 121 Å². The lowest BCUT2D eigenvalue weighted by molar-refractivity contribution is -0.139. The highest BCUT2D eigenvalue weighted by Gasteiger charge is 2.43. The van der Waals surface area contributed by atoms with Crippen LogP contribution in [0.5, 0.6) is 0 Å². The van der Waals surface area contributed by atoms with Gasteiger partial charge in [0.25, 0.3) is 0 Å². The third kappa shape index (κ3) is 3.23. The van der Waals surface area contributed by atoms with Gasteiger partial charge in [-0.2, -0.15) is 0 Å². The zero-order valence-electron chi connectivity index (χ0n) is 12.1. The molecule has 0 N–H and O–H groups in total. The molecular formula is C14H25ClN2O2. The van der Waals surface area contributed by atoms with E-state index >= 15 is 0 Å². The molecule has 2 aliphatic heterocycles. The molecule has 2 saturated heterocycles. The number of halogens is 1. The summed E-state index contributed by atoms with van der Waals surface area (Å²) in [7, 11) is 0. The lowest BCUT2D eigenvalue weighted by Crippen LogP contribution is -2.52. The quantitative estimate of drug-likeness (QED) is 0.737. The van der Waals surface area contributed by atoms with Crippen molar-refractivity contribution in [3.63, 3.8) is 0 Å².